The number of thiazole rings is 1. The molecule has 0 N–H and O–H groups in total. The monoisotopic (exact) mass is 367 g/mol. The standard InChI is InChI=1S/C20H18FN3OS/c21-15-7-8-16-18(10-15)26-20(22-16)23-11-14(12-23)19(25)24-9-3-5-13-4-1-2-6-17(13)24/h1-2,4,6-8,10,14H,3,5,9,11-12H2. The van der Waals surface area contributed by atoms with E-state index in [1.54, 1.807) is 6.07 Å². The van der Waals surface area contributed by atoms with Crippen LogP contribution in [0.15, 0.2) is 42.5 Å². The van der Waals surface area contributed by atoms with E-state index in [1.807, 2.05) is 23.1 Å². The van der Waals surface area contributed by atoms with Gasteiger partial charge in [0, 0.05) is 25.3 Å². The van der Waals surface area contributed by atoms with Crippen molar-refractivity contribution in [1.82, 2.24) is 4.98 Å². The quantitative estimate of drug-likeness (QED) is 0.690. The first-order valence-electron chi connectivity index (χ1n) is 8.89. The molecule has 5 rings (SSSR count). The van der Waals surface area contributed by atoms with E-state index < -0.39 is 0 Å². The van der Waals surface area contributed by atoms with Gasteiger partial charge in [-0.25, -0.2) is 9.37 Å². The number of hydrogen-bond acceptors (Lipinski definition) is 4. The van der Waals surface area contributed by atoms with Gasteiger partial charge in [-0.1, -0.05) is 29.5 Å². The maximum Gasteiger partial charge on any atom is 0.233 e. The summed E-state index contributed by atoms with van der Waals surface area (Å²) in [7, 11) is 0. The van der Waals surface area contributed by atoms with Crippen molar-refractivity contribution in [3.05, 3.63) is 53.8 Å². The molecule has 0 saturated carbocycles. The molecule has 0 aliphatic carbocycles. The molecule has 2 aromatic carbocycles. The van der Waals surface area contributed by atoms with Crippen LogP contribution in [0.5, 0.6) is 0 Å². The lowest BCUT2D eigenvalue weighted by molar-refractivity contribution is -0.123. The minimum Gasteiger partial charge on any atom is -0.346 e. The molecule has 1 aromatic heterocycles. The Kier molecular flexibility index (Phi) is 3.67. The largest absolute Gasteiger partial charge is 0.346 e. The number of benzene rings is 2. The fourth-order valence-electron chi connectivity index (χ4n) is 3.80. The van der Waals surface area contributed by atoms with E-state index in [4.69, 9.17) is 0 Å². The SMILES string of the molecule is O=C(C1CN(c2nc3ccc(F)cc3s2)C1)N1CCCc2ccccc21. The van der Waals surface area contributed by atoms with Crippen LogP contribution in [0, 0.1) is 11.7 Å². The van der Waals surface area contributed by atoms with E-state index in [0.29, 0.717) is 13.1 Å². The molecule has 26 heavy (non-hydrogen) atoms. The van der Waals surface area contributed by atoms with Crippen molar-refractivity contribution in [3.8, 4) is 0 Å². The number of fused-ring (bicyclic) bond motifs is 2. The Hall–Kier alpha value is -2.47. The van der Waals surface area contributed by atoms with E-state index in [1.165, 1.54) is 29.0 Å². The minimum absolute atomic E-state index is 0.00454. The molecule has 0 atom stereocenters. The van der Waals surface area contributed by atoms with E-state index in [2.05, 4.69) is 16.0 Å². The number of amides is 1. The average molecular weight is 367 g/mol. The van der Waals surface area contributed by atoms with Gasteiger partial charge < -0.3 is 9.80 Å². The van der Waals surface area contributed by atoms with Crippen LogP contribution >= 0.6 is 11.3 Å². The summed E-state index contributed by atoms with van der Waals surface area (Å²) in [6, 6.07) is 12.8. The maximum absolute atomic E-state index is 13.4. The number of nitrogens with zero attached hydrogens (tertiary/aromatic N) is 3. The number of aryl methyl sites for hydroxylation is 1. The Bertz CT molecular complexity index is 996. The van der Waals surface area contributed by atoms with E-state index in [0.717, 1.165) is 40.4 Å². The zero-order valence-corrected chi connectivity index (χ0v) is 15.0. The summed E-state index contributed by atoms with van der Waals surface area (Å²) in [5.74, 6) is -0.0291. The summed E-state index contributed by atoms with van der Waals surface area (Å²) < 4.78 is 14.2. The van der Waals surface area contributed by atoms with Gasteiger partial charge in [0.1, 0.15) is 5.82 Å². The van der Waals surface area contributed by atoms with Gasteiger partial charge in [-0.2, -0.15) is 0 Å². The van der Waals surface area contributed by atoms with E-state index in [9.17, 15) is 9.18 Å². The number of anilines is 2. The lowest BCUT2D eigenvalue weighted by Crippen LogP contribution is -2.55. The van der Waals surface area contributed by atoms with Gasteiger partial charge in [0.15, 0.2) is 5.13 Å². The van der Waals surface area contributed by atoms with Crippen LogP contribution < -0.4 is 9.80 Å². The third-order valence-corrected chi connectivity index (χ3v) is 6.30. The minimum atomic E-state index is -0.242. The molecule has 2 aliphatic rings. The number of carbonyl (C=O) groups is 1. The Labute approximate surface area is 154 Å². The maximum atomic E-state index is 13.4. The topological polar surface area (TPSA) is 36.4 Å². The lowest BCUT2D eigenvalue weighted by Gasteiger charge is -2.41. The molecule has 1 amide bonds. The lowest BCUT2D eigenvalue weighted by atomic mass is 9.95. The number of carbonyl (C=O) groups excluding carboxylic acids is 1. The van der Waals surface area contributed by atoms with Crippen LogP contribution in [0.2, 0.25) is 0 Å². The molecule has 4 nitrogen and oxygen atoms in total. The van der Waals surface area contributed by atoms with Crippen molar-refractivity contribution in [2.75, 3.05) is 29.4 Å². The molecule has 0 bridgehead atoms. The Balaban J connectivity index is 1.31. The van der Waals surface area contributed by atoms with Gasteiger partial charge in [0.05, 0.1) is 16.1 Å². The summed E-state index contributed by atoms with van der Waals surface area (Å²) >= 11 is 1.48. The molecule has 132 valence electrons. The van der Waals surface area contributed by atoms with Crippen LogP contribution in [0.25, 0.3) is 10.2 Å². The summed E-state index contributed by atoms with van der Waals surface area (Å²) in [6.45, 7) is 2.16. The molecule has 2 aliphatic heterocycles. The predicted molar refractivity (Wildman–Crippen MR) is 102 cm³/mol. The van der Waals surface area contributed by atoms with Crippen molar-refractivity contribution >= 4 is 38.3 Å². The normalized spacial score (nSPS) is 17.3. The van der Waals surface area contributed by atoms with Crippen molar-refractivity contribution in [3.63, 3.8) is 0 Å². The predicted octanol–water partition coefficient (Wildman–Crippen LogP) is 3.85. The highest BCUT2D eigenvalue weighted by Crippen LogP contribution is 2.35. The van der Waals surface area contributed by atoms with Gasteiger partial charge in [0.2, 0.25) is 5.91 Å². The third-order valence-electron chi connectivity index (χ3n) is 5.22. The molecule has 1 saturated heterocycles. The van der Waals surface area contributed by atoms with Crippen LogP contribution in [-0.4, -0.2) is 30.5 Å². The summed E-state index contributed by atoms with van der Waals surface area (Å²) in [4.78, 5) is 21.6. The van der Waals surface area contributed by atoms with Crippen LogP contribution in [0.1, 0.15) is 12.0 Å². The van der Waals surface area contributed by atoms with E-state index >= 15 is 0 Å². The second-order valence-corrected chi connectivity index (χ2v) is 7.94. The Morgan fingerprint density at radius 1 is 1.19 bits per heavy atom. The molecule has 0 unspecified atom stereocenters. The van der Waals surface area contributed by atoms with Crippen LogP contribution in [0.3, 0.4) is 0 Å². The summed E-state index contributed by atoms with van der Waals surface area (Å²) in [5.41, 5.74) is 3.14. The molecule has 3 heterocycles. The zero-order valence-electron chi connectivity index (χ0n) is 14.2. The fourth-order valence-corrected chi connectivity index (χ4v) is 4.80. The molecular weight excluding hydrogens is 349 g/mol. The molecule has 1 fully saturated rings. The molecule has 0 radical (unpaired) electrons. The first-order valence-corrected chi connectivity index (χ1v) is 9.71. The average Bonchev–Trinajstić information content (AvgIpc) is 3.02. The van der Waals surface area contributed by atoms with Crippen molar-refractivity contribution in [2.45, 2.75) is 12.8 Å². The van der Waals surface area contributed by atoms with Crippen molar-refractivity contribution < 1.29 is 9.18 Å². The zero-order chi connectivity index (χ0) is 17.7. The highest BCUT2D eigenvalue weighted by molar-refractivity contribution is 7.22. The van der Waals surface area contributed by atoms with Crippen molar-refractivity contribution in [1.29, 1.82) is 0 Å². The summed E-state index contributed by atoms with van der Waals surface area (Å²) in [6.07, 6.45) is 2.06. The third kappa shape index (κ3) is 2.56. The van der Waals surface area contributed by atoms with Gasteiger partial charge >= 0.3 is 0 Å². The second-order valence-electron chi connectivity index (χ2n) is 6.93. The number of aromatic nitrogens is 1. The van der Waals surface area contributed by atoms with Crippen LogP contribution in [0.4, 0.5) is 15.2 Å². The molecule has 3 aromatic rings. The van der Waals surface area contributed by atoms with Gasteiger partial charge in [-0.15, -0.1) is 0 Å². The fraction of sp³-hybridized carbons (Fsp3) is 0.300. The number of hydrogen-bond donors (Lipinski definition) is 0. The van der Waals surface area contributed by atoms with Crippen molar-refractivity contribution in [2.24, 2.45) is 5.92 Å². The smallest absolute Gasteiger partial charge is 0.233 e. The van der Waals surface area contributed by atoms with Gasteiger partial charge in [-0.3, -0.25) is 4.79 Å². The highest BCUT2D eigenvalue weighted by atomic mass is 32.1. The Morgan fingerprint density at radius 2 is 2.04 bits per heavy atom. The molecular formula is C20H18FN3OS. The Morgan fingerprint density at radius 3 is 2.92 bits per heavy atom. The molecule has 6 heteroatoms. The van der Waals surface area contributed by atoms with E-state index in [-0.39, 0.29) is 17.6 Å². The number of halogens is 1. The second kappa shape index (κ2) is 6.06. The van der Waals surface area contributed by atoms with Gasteiger partial charge in [0.25, 0.3) is 0 Å². The van der Waals surface area contributed by atoms with Crippen LogP contribution in [-0.2, 0) is 11.2 Å². The van der Waals surface area contributed by atoms with Gasteiger partial charge in [-0.05, 0) is 42.7 Å². The first kappa shape index (κ1) is 15.8. The summed E-state index contributed by atoms with van der Waals surface area (Å²) in [5, 5.41) is 0.869. The first-order chi connectivity index (χ1) is 12.7. The number of para-hydroxylation sites is 1. The number of rotatable bonds is 2. The molecule has 0 spiro atoms. The highest BCUT2D eigenvalue weighted by Gasteiger charge is 2.38.